The number of aryl methyl sites for hydroxylation is 1. The maximum atomic E-state index is 13.2. The van der Waals surface area contributed by atoms with Gasteiger partial charge in [0.2, 0.25) is 12.0 Å². The molecule has 8 heteroatoms. The minimum Gasteiger partial charge on any atom is -0.495 e. The molecule has 2 amide bonds. The van der Waals surface area contributed by atoms with Gasteiger partial charge in [-0.05, 0) is 48.9 Å². The van der Waals surface area contributed by atoms with Crippen molar-refractivity contribution in [1.29, 1.82) is 5.26 Å². The number of hydrogen-bond acceptors (Lipinski definition) is 6. The van der Waals surface area contributed by atoms with E-state index in [4.69, 9.17) is 14.7 Å². The molecule has 172 valence electrons. The van der Waals surface area contributed by atoms with E-state index in [0.29, 0.717) is 22.7 Å². The monoisotopic (exact) mass is 457 g/mol. The van der Waals surface area contributed by atoms with Gasteiger partial charge in [-0.15, -0.1) is 0 Å². The molecule has 0 fully saturated rings. The highest BCUT2D eigenvalue weighted by Crippen LogP contribution is 2.28. The largest absolute Gasteiger partial charge is 0.495 e. The number of amides is 2. The minimum atomic E-state index is -1.21. The molecule has 0 saturated carbocycles. The molecule has 0 heterocycles. The molecule has 0 bridgehead atoms. The molecule has 0 radical (unpaired) electrons. The van der Waals surface area contributed by atoms with Crippen LogP contribution < -0.4 is 15.4 Å². The number of anilines is 2. The first-order chi connectivity index (χ1) is 16.4. The highest BCUT2D eigenvalue weighted by atomic mass is 16.5. The molecule has 0 spiro atoms. The van der Waals surface area contributed by atoms with Crippen LogP contribution in [0.4, 0.5) is 11.4 Å². The zero-order valence-corrected chi connectivity index (χ0v) is 18.7. The lowest BCUT2D eigenvalue weighted by atomic mass is 10.1. The fraction of sp³-hybridized carbons (Fsp3) is 0.154. The highest BCUT2D eigenvalue weighted by Gasteiger charge is 2.26. The predicted molar refractivity (Wildman–Crippen MR) is 126 cm³/mol. The van der Waals surface area contributed by atoms with Crippen molar-refractivity contribution in [2.75, 3.05) is 17.7 Å². The van der Waals surface area contributed by atoms with E-state index in [1.165, 1.54) is 31.4 Å². The summed E-state index contributed by atoms with van der Waals surface area (Å²) in [5.74, 6) is -1.23. The Labute approximate surface area is 197 Å². The molecule has 0 saturated heterocycles. The number of nitrogens with zero attached hydrogens (tertiary/aromatic N) is 1. The first kappa shape index (κ1) is 24.0. The minimum absolute atomic E-state index is 0.195. The number of benzene rings is 3. The average molecular weight is 457 g/mol. The molecule has 2 N–H and O–H groups in total. The number of ether oxygens (including phenoxy) is 2. The lowest BCUT2D eigenvalue weighted by Crippen LogP contribution is -2.26. The van der Waals surface area contributed by atoms with Crippen molar-refractivity contribution in [2.45, 2.75) is 19.4 Å². The van der Waals surface area contributed by atoms with Gasteiger partial charge in [0.25, 0.3) is 5.91 Å². The summed E-state index contributed by atoms with van der Waals surface area (Å²) >= 11 is 0. The average Bonchev–Trinajstić information content (AvgIpc) is 2.83. The second kappa shape index (κ2) is 11.3. The summed E-state index contributed by atoms with van der Waals surface area (Å²) in [7, 11) is 1.50. The molecule has 3 aromatic rings. The molecule has 0 aromatic heterocycles. The fourth-order valence-corrected chi connectivity index (χ4v) is 3.16. The van der Waals surface area contributed by atoms with E-state index in [-0.39, 0.29) is 12.0 Å². The number of carbonyl (C=O) groups excluding carboxylic acids is 3. The number of nitriles is 1. The molecule has 3 rings (SSSR count). The SMILES string of the molecule is COc1ccc(C)cc1NC(=O)[C@H](OC(=O)c1ccc(NC(=O)CC#N)cc1)c1ccccc1. The quantitative estimate of drug-likeness (QED) is 0.485. The summed E-state index contributed by atoms with van der Waals surface area (Å²) < 4.78 is 10.9. The van der Waals surface area contributed by atoms with Crippen LogP contribution in [0, 0.1) is 18.3 Å². The predicted octanol–water partition coefficient (Wildman–Crippen LogP) is 4.39. The molecule has 3 aromatic carbocycles. The van der Waals surface area contributed by atoms with Crippen molar-refractivity contribution in [3.05, 3.63) is 89.5 Å². The summed E-state index contributed by atoms with van der Waals surface area (Å²) in [5.41, 5.74) is 2.51. The summed E-state index contributed by atoms with van der Waals surface area (Å²) in [6.07, 6.45) is -1.49. The molecule has 1 atom stereocenters. The Bertz CT molecular complexity index is 1220. The molecule has 0 aliphatic heterocycles. The van der Waals surface area contributed by atoms with Crippen LogP contribution in [0.3, 0.4) is 0 Å². The van der Waals surface area contributed by atoms with E-state index in [0.717, 1.165) is 5.56 Å². The van der Waals surface area contributed by atoms with Gasteiger partial charge >= 0.3 is 5.97 Å². The third kappa shape index (κ3) is 6.20. The zero-order valence-electron chi connectivity index (χ0n) is 18.7. The van der Waals surface area contributed by atoms with E-state index in [1.54, 1.807) is 48.5 Å². The topological polar surface area (TPSA) is 118 Å². The zero-order chi connectivity index (χ0) is 24.5. The number of carbonyl (C=O) groups is 3. The standard InChI is InChI=1S/C26H23N3O5/c1-17-8-13-22(33-2)21(16-17)29-25(31)24(18-6-4-3-5-7-18)34-26(32)19-9-11-20(12-10-19)28-23(30)14-15-27/h3-13,16,24H,14H2,1-2H3,(H,28,30)(H,29,31)/t24-/m1/s1. The van der Waals surface area contributed by atoms with Gasteiger partial charge in [0.05, 0.1) is 24.4 Å². The van der Waals surface area contributed by atoms with E-state index >= 15 is 0 Å². The van der Waals surface area contributed by atoms with Crippen molar-refractivity contribution in [3.8, 4) is 11.8 Å². The number of hydrogen-bond donors (Lipinski definition) is 2. The molecule has 34 heavy (non-hydrogen) atoms. The van der Waals surface area contributed by atoms with Crippen LogP contribution in [-0.4, -0.2) is 24.9 Å². The summed E-state index contributed by atoms with van der Waals surface area (Å²) in [5, 5.41) is 13.9. The number of esters is 1. The Morgan fingerprint density at radius 2 is 1.68 bits per heavy atom. The Morgan fingerprint density at radius 3 is 2.32 bits per heavy atom. The highest BCUT2D eigenvalue weighted by molar-refractivity contribution is 5.99. The third-order valence-corrected chi connectivity index (χ3v) is 4.82. The molecule has 0 aliphatic carbocycles. The molecular formula is C26H23N3O5. The number of methoxy groups -OCH3 is 1. The summed E-state index contributed by atoms with van der Waals surface area (Å²) in [4.78, 5) is 37.6. The van der Waals surface area contributed by atoms with Gasteiger partial charge in [-0.1, -0.05) is 36.4 Å². The Kier molecular flexibility index (Phi) is 7.97. The van der Waals surface area contributed by atoms with Crippen LogP contribution in [-0.2, 0) is 14.3 Å². The number of rotatable bonds is 8. The van der Waals surface area contributed by atoms with Crippen molar-refractivity contribution < 1.29 is 23.9 Å². The van der Waals surface area contributed by atoms with Crippen LogP contribution in [0.2, 0.25) is 0 Å². The van der Waals surface area contributed by atoms with E-state index in [1.807, 2.05) is 13.0 Å². The van der Waals surface area contributed by atoms with Crippen molar-refractivity contribution in [3.63, 3.8) is 0 Å². The summed E-state index contributed by atoms with van der Waals surface area (Å²) in [6.45, 7) is 1.89. The second-order valence-electron chi connectivity index (χ2n) is 7.35. The van der Waals surface area contributed by atoms with Gasteiger partial charge in [-0.2, -0.15) is 5.26 Å². The first-order valence-electron chi connectivity index (χ1n) is 10.4. The van der Waals surface area contributed by atoms with Crippen LogP contribution in [0.1, 0.15) is 34.0 Å². The van der Waals surface area contributed by atoms with Crippen molar-refractivity contribution >= 4 is 29.2 Å². The molecule has 0 aliphatic rings. The Hall–Kier alpha value is -4.64. The van der Waals surface area contributed by atoms with E-state index in [2.05, 4.69) is 10.6 Å². The maximum absolute atomic E-state index is 13.2. The normalized spacial score (nSPS) is 11.0. The van der Waals surface area contributed by atoms with Crippen LogP contribution in [0.5, 0.6) is 5.75 Å². The third-order valence-electron chi connectivity index (χ3n) is 4.82. The van der Waals surface area contributed by atoms with Gasteiger partial charge in [0.1, 0.15) is 12.2 Å². The molecule has 8 nitrogen and oxygen atoms in total. The van der Waals surface area contributed by atoms with Gasteiger partial charge in [0, 0.05) is 11.3 Å². The maximum Gasteiger partial charge on any atom is 0.339 e. The van der Waals surface area contributed by atoms with Crippen molar-refractivity contribution in [1.82, 2.24) is 0 Å². The first-order valence-corrected chi connectivity index (χ1v) is 10.4. The lowest BCUT2D eigenvalue weighted by Gasteiger charge is -2.19. The fourth-order valence-electron chi connectivity index (χ4n) is 3.16. The van der Waals surface area contributed by atoms with Crippen LogP contribution >= 0.6 is 0 Å². The Balaban J connectivity index is 1.80. The number of nitrogens with one attached hydrogen (secondary N) is 2. The van der Waals surface area contributed by atoms with Gasteiger partial charge < -0.3 is 20.1 Å². The summed E-state index contributed by atoms with van der Waals surface area (Å²) in [6, 6.07) is 21.8. The molecular weight excluding hydrogens is 434 g/mol. The Morgan fingerprint density at radius 1 is 0.971 bits per heavy atom. The second-order valence-corrected chi connectivity index (χ2v) is 7.35. The van der Waals surface area contributed by atoms with Crippen LogP contribution in [0.25, 0.3) is 0 Å². The van der Waals surface area contributed by atoms with E-state index in [9.17, 15) is 14.4 Å². The van der Waals surface area contributed by atoms with Crippen LogP contribution in [0.15, 0.2) is 72.8 Å². The van der Waals surface area contributed by atoms with Gasteiger partial charge in [0.15, 0.2) is 0 Å². The van der Waals surface area contributed by atoms with Crippen molar-refractivity contribution in [2.24, 2.45) is 0 Å². The van der Waals surface area contributed by atoms with Gasteiger partial charge in [-0.25, -0.2) is 4.79 Å². The van der Waals surface area contributed by atoms with Gasteiger partial charge in [-0.3, -0.25) is 9.59 Å². The smallest absolute Gasteiger partial charge is 0.339 e. The molecule has 0 unspecified atom stereocenters. The van der Waals surface area contributed by atoms with E-state index < -0.39 is 23.9 Å². The lowest BCUT2D eigenvalue weighted by molar-refractivity contribution is -0.125.